The topological polar surface area (TPSA) is 84.0 Å². The third-order valence-corrected chi connectivity index (χ3v) is 2.57. The van der Waals surface area contributed by atoms with Gasteiger partial charge in [-0.05, 0) is 19.1 Å². The Labute approximate surface area is 111 Å². The zero-order valence-corrected chi connectivity index (χ0v) is 10.8. The van der Waals surface area contributed by atoms with Crippen LogP contribution in [0.15, 0.2) is 22.7 Å². The largest absolute Gasteiger partial charge is 0.497 e. The third kappa shape index (κ3) is 3.22. The molecular weight excluding hydrogens is 244 g/mol. The molecule has 0 saturated heterocycles. The van der Waals surface area contributed by atoms with E-state index in [2.05, 4.69) is 21.5 Å². The van der Waals surface area contributed by atoms with Gasteiger partial charge in [-0.2, -0.15) is 10.2 Å². The number of anilines is 1. The van der Waals surface area contributed by atoms with Gasteiger partial charge >= 0.3 is 0 Å². The second-order valence-electron chi connectivity index (χ2n) is 3.94. The number of methoxy groups -OCH3 is 1. The van der Waals surface area contributed by atoms with Crippen molar-refractivity contribution >= 4 is 5.69 Å². The minimum atomic E-state index is 0.572. The Morgan fingerprint density at radius 1 is 1.47 bits per heavy atom. The molecule has 0 spiro atoms. The Hall–Kier alpha value is -2.55. The molecular formula is C13H14N4O2. The van der Waals surface area contributed by atoms with Crippen molar-refractivity contribution in [2.45, 2.75) is 13.3 Å². The van der Waals surface area contributed by atoms with Gasteiger partial charge in [-0.25, -0.2) is 0 Å². The van der Waals surface area contributed by atoms with Gasteiger partial charge in [0.2, 0.25) is 5.89 Å². The lowest BCUT2D eigenvalue weighted by molar-refractivity contribution is 0.377. The summed E-state index contributed by atoms with van der Waals surface area (Å²) in [4.78, 5) is 4.11. The van der Waals surface area contributed by atoms with Crippen molar-refractivity contribution in [1.82, 2.24) is 10.1 Å². The predicted octanol–water partition coefficient (Wildman–Crippen LogP) is 1.91. The van der Waals surface area contributed by atoms with Gasteiger partial charge in [0.25, 0.3) is 0 Å². The maximum atomic E-state index is 9.03. The molecule has 0 fully saturated rings. The molecule has 0 aliphatic carbocycles. The zero-order chi connectivity index (χ0) is 13.7. The summed E-state index contributed by atoms with van der Waals surface area (Å²) in [5.41, 5.74) is 1.31. The third-order valence-electron chi connectivity index (χ3n) is 2.57. The second-order valence-corrected chi connectivity index (χ2v) is 3.94. The highest BCUT2D eigenvalue weighted by Gasteiger charge is 2.05. The first-order valence-corrected chi connectivity index (χ1v) is 5.84. The molecule has 98 valence electrons. The lowest BCUT2D eigenvalue weighted by atomic mass is 10.2. The maximum absolute atomic E-state index is 9.03. The van der Waals surface area contributed by atoms with Crippen molar-refractivity contribution in [2.75, 3.05) is 19.0 Å². The summed E-state index contributed by atoms with van der Waals surface area (Å²) in [5, 5.41) is 15.9. The molecule has 1 aromatic heterocycles. The van der Waals surface area contributed by atoms with Gasteiger partial charge in [0.1, 0.15) is 11.8 Å². The second kappa shape index (κ2) is 5.87. The van der Waals surface area contributed by atoms with Crippen LogP contribution in [0.1, 0.15) is 17.3 Å². The SMILES string of the molecule is COc1ccc(C#N)c(NCCc2nc(C)no2)c1. The number of benzene rings is 1. The van der Waals surface area contributed by atoms with E-state index in [-0.39, 0.29) is 0 Å². The molecule has 1 N–H and O–H groups in total. The van der Waals surface area contributed by atoms with Crippen LogP contribution in [0.3, 0.4) is 0 Å². The number of hydrogen-bond donors (Lipinski definition) is 1. The lowest BCUT2D eigenvalue weighted by Crippen LogP contribution is -2.06. The molecule has 0 radical (unpaired) electrons. The summed E-state index contributed by atoms with van der Waals surface area (Å²) >= 11 is 0. The van der Waals surface area contributed by atoms with Crippen LogP contribution in [-0.4, -0.2) is 23.8 Å². The number of rotatable bonds is 5. The first-order chi connectivity index (χ1) is 9.22. The monoisotopic (exact) mass is 258 g/mol. The molecule has 2 rings (SSSR count). The normalized spacial score (nSPS) is 9.95. The Kier molecular flexibility index (Phi) is 3.98. The van der Waals surface area contributed by atoms with E-state index in [0.29, 0.717) is 36.0 Å². The van der Waals surface area contributed by atoms with E-state index >= 15 is 0 Å². The molecule has 2 aromatic rings. The molecule has 0 unspecified atom stereocenters. The van der Waals surface area contributed by atoms with Crippen LogP contribution in [0, 0.1) is 18.3 Å². The minimum Gasteiger partial charge on any atom is -0.497 e. The predicted molar refractivity (Wildman–Crippen MR) is 68.9 cm³/mol. The molecule has 0 amide bonds. The van der Waals surface area contributed by atoms with Gasteiger partial charge in [-0.1, -0.05) is 5.16 Å². The number of aromatic nitrogens is 2. The van der Waals surface area contributed by atoms with E-state index in [1.54, 1.807) is 32.2 Å². The molecule has 0 saturated carbocycles. The minimum absolute atomic E-state index is 0.572. The van der Waals surface area contributed by atoms with Crippen molar-refractivity contribution in [2.24, 2.45) is 0 Å². The molecule has 19 heavy (non-hydrogen) atoms. The highest BCUT2D eigenvalue weighted by Crippen LogP contribution is 2.21. The Bertz CT molecular complexity index is 601. The number of nitrogens with zero attached hydrogens (tertiary/aromatic N) is 3. The standard InChI is InChI=1S/C13H14N4O2/c1-9-16-13(19-17-9)5-6-15-12-7-11(18-2)4-3-10(12)8-14/h3-4,7,15H,5-6H2,1-2H3. The molecule has 6 nitrogen and oxygen atoms in total. The number of hydrogen-bond acceptors (Lipinski definition) is 6. The van der Waals surface area contributed by atoms with Gasteiger partial charge in [0, 0.05) is 19.0 Å². The van der Waals surface area contributed by atoms with Gasteiger partial charge < -0.3 is 14.6 Å². The Morgan fingerprint density at radius 2 is 2.32 bits per heavy atom. The van der Waals surface area contributed by atoms with Crippen LogP contribution in [0.4, 0.5) is 5.69 Å². The zero-order valence-electron chi connectivity index (χ0n) is 10.8. The average Bonchev–Trinajstić information content (AvgIpc) is 2.84. The number of aryl methyl sites for hydroxylation is 1. The Balaban J connectivity index is 2.00. The highest BCUT2D eigenvalue weighted by atomic mass is 16.5. The number of ether oxygens (including phenoxy) is 1. The van der Waals surface area contributed by atoms with Crippen LogP contribution in [0.5, 0.6) is 5.75 Å². The van der Waals surface area contributed by atoms with Crippen LogP contribution < -0.4 is 10.1 Å². The van der Waals surface area contributed by atoms with Crippen LogP contribution in [-0.2, 0) is 6.42 Å². The fourth-order valence-corrected chi connectivity index (χ4v) is 1.64. The molecule has 1 heterocycles. The summed E-state index contributed by atoms with van der Waals surface area (Å²) in [6, 6.07) is 7.39. The maximum Gasteiger partial charge on any atom is 0.228 e. The summed E-state index contributed by atoms with van der Waals surface area (Å²) in [6.45, 7) is 2.37. The fourth-order valence-electron chi connectivity index (χ4n) is 1.64. The summed E-state index contributed by atoms with van der Waals surface area (Å²) in [6.07, 6.45) is 0.600. The lowest BCUT2D eigenvalue weighted by Gasteiger charge is -2.08. The van der Waals surface area contributed by atoms with Gasteiger partial charge in [-0.15, -0.1) is 0 Å². The van der Waals surface area contributed by atoms with Crippen molar-refractivity contribution in [3.8, 4) is 11.8 Å². The summed E-state index contributed by atoms with van der Waals surface area (Å²) in [5.74, 6) is 1.90. The van der Waals surface area contributed by atoms with Crippen LogP contribution in [0.2, 0.25) is 0 Å². The van der Waals surface area contributed by atoms with Gasteiger partial charge in [0.05, 0.1) is 18.4 Å². The first kappa shape index (κ1) is 12.9. The molecule has 0 aliphatic heterocycles. The number of nitrogens with one attached hydrogen (secondary N) is 1. The van der Waals surface area contributed by atoms with Gasteiger partial charge in [0.15, 0.2) is 5.82 Å². The van der Waals surface area contributed by atoms with Crippen molar-refractivity contribution < 1.29 is 9.26 Å². The molecule has 1 aromatic carbocycles. The molecule has 0 atom stereocenters. The molecule has 0 aliphatic rings. The van der Waals surface area contributed by atoms with E-state index in [1.165, 1.54) is 0 Å². The van der Waals surface area contributed by atoms with Crippen molar-refractivity contribution in [3.05, 3.63) is 35.5 Å². The van der Waals surface area contributed by atoms with Crippen molar-refractivity contribution in [1.29, 1.82) is 5.26 Å². The fraction of sp³-hybridized carbons (Fsp3) is 0.308. The average molecular weight is 258 g/mol. The summed E-state index contributed by atoms with van der Waals surface area (Å²) in [7, 11) is 1.59. The van der Waals surface area contributed by atoms with Crippen molar-refractivity contribution in [3.63, 3.8) is 0 Å². The van der Waals surface area contributed by atoms with E-state index < -0.39 is 0 Å². The molecule has 6 heteroatoms. The quantitative estimate of drug-likeness (QED) is 0.881. The first-order valence-electron chi connectivity index (χ1n) is 5.84. The van der Waals surface area contributed by atoms with Gasteiger partial charge in [-0.3, -0.25) is 0 Å². The molecule has 0 bridgehead atoms. The van der Waals surface area contributed by atoms with E-state index in [4.69, 9.17) is 14.5 Å². The smallest absolute Gasteiger partial charge is 0.228 e. The van der Waals surface area contributed by atoms with Crippen LogP contribution >= 0.6 is 0 Å². The van der Waals surface area contributed by atoms with E-state index in [0.717, 1.165) is 5.69 Å². The number of nitriles is 1. The highest BCUT2D eigenvalue weighted by molar-refractivity contribution is 5.60. The van der Waals surface area contributed by atoms with Crippen LogP contribution in [0.25, 0.3) is 0 Å². The summed E-state index contributed by atoms with van der Waals surface area (Å²) < 4.78 is 10.1. The Morgan fingerprint density at radius 3 is 2.95 bits per heavy atom. The van der Waals surface area contributed by atoms with E-state index in [1.807, 2.05) is 0 Å². The van der Waals surface area contributed by atoms with E-state index in [9.17, 15) is 0 Å².